The third-order valence-corrected chi connectivity index (χ3v) is 4.01. The van der Waals surface area contributed by atoms with E-state index in [-0.39, 0.29) is 13.0 Å². The van der Waals surface area contributed by atoms with Crippen molar-refractivity contribution in [1.29, 1.82) is 0 Å². The minimum absolute atomic E-state index is 0.0807. The minimum Gasteiger partial charge on any atom is -0.464 e. The molecule has 0 fully saturated rings. The van der Waals surface area contributed by atoms with Gasteiger partial charge in [-0.25, -0.2) is 4.79 Å². The first-order valence-electron chi connectivity index (χ1n) is 12.6. The van der Waals surface area contributed by atoms with Gasteiger partial charge >= 0.3 is 12.1 Å². The van der Waals surface area contributed by atoms with Crippen molar-refractivity contribution in [2.24, 2.45) is 4.99 Å². The number of allylic oxidation sites excluding steroid dienone is 2. The summed E-state index contributed by atoms with van der Waals surface area (Å²) in [4.78, 5) is 41.3. The molecule has 0 saturated heterocycles. The van der Waals surface area contributed by atoms with Crippen LogP contribution in [0.3, 0.4) is 0 Å². The van der Waals surface area contributed by atoms with Crippen LogP contribution >= 0.6 is 0 Å². The van der Waals surface area contributed by atoms with E-state index in [9.17, 15) is 14.4 Å². The molecular formula is C24H41N3O5. The van der Waals surface area contributed by atoms with Crippen molar-refractivity contribution in [2.45, 2.75) is 84.2 Å². The Morgan fingerprint density at radius 3 is 2.28 bits per heavy atom. The highest BCUT2D eigenvalue weighted by molar-refractivity contribution is 6.01. The molecular weight excluding hydrogens is 410 g/mol. The summed E-state index contributed by atoms with van der Waals surface area (Å²) in [5, 5.41) is 2.38. The fourth-order valence-electron chi connectivity index (χ4n) is 2.48. The van der Waals surface area contributed by atoms with Crippen molar-refractivity contribution >= 4 is 23.9 Å². The molecule has 8 nitrogen and oxygen atoms in total. The lowest BCUT2D eigenvalue weighted by Gasteiger charge is -2.22. The van der Waals surface area contributed by atoms with Crippen LogP contribution in [0.5, 0.6) is 0 Å². The number of guanidine groups is 1. The third kappa shape index (κ3) is 17.1. The number of aliphatic imine (C=N–C) groups is 1. The first-order valence-corrected chi connectivity index (χ1v) is 11.1. The molecule has 0 heterocycles. The van der Waals surface area contributed by atoms with Crippen LogP contribution in [0.25, 0.3) is 0 Å². The third-order valence-electron chi connectivity index (χ3n) is 4.01. The molecule has 1 N–H and O–H groups in total. The van der Waals surface area contributed by atoms with Crippen molar-refractivity contribution in [2.75, 3.05) is 20.1 Å². The number of rotatable bonds is 14. The van der Waals surface area contributed by atoms with Gasteiger partial charge in [-0.1, -0.05) is 31.4 Å². The summed E-state index contributed by atoms with van der Waals surface area (Å²) in [7, 11) is 0. The molecule has 0 aromatic carbocycles. The number of likely N-dealkylation sites (N-methyl/N-ethyl adjacent to an activating group) is 1. The lowest BCUT2D eigenvalue weighted by molar-refractivity contribution is -0.144. The van der Waals surface area contributed by atoms with Gasteiger partial charge < -0.3 is 14.4 Å². The quantitative estimate of drug-likeness (QED) is 0.134. The van der Waals surface area contributed by atoms with E-state index < -0.39 is 43.1 Å². The smallest absolute Gasteiger partial charge is 0.437 e. The molecule has 0 aliphatic rings. The standard InChI is InChI=1S/C24H41N3O5/c1-7-9-11-12-13-14-15-17-20(28)25-22(26-23(30)32-24(3,4)5)27(6)19-21(29)31-18-16-10-8-2/h7-8H,1-2,9-19H2,3-6H3,(H,25,26,28,30)/i6D3. The highest BCUT2D eigenvalue weighted by atomic mass is 16.6. The number of amides is 2. The van der Waals surface area contributed by atoms with Crippen LogP contribution in [0.1, 0.15) is 82.7 Å². The Balaban J connectivity index is 5.40. The Kier molecular flexibility index (Phi) is 12.7. The van der Waals surface area contributed by atoms with E-state index in [1.807, 2.05) is 6.08 Å². The van der Waals surface area contributed by atoms with Gasteiger partial charge in [0.25, 0.3) is 0 Å². The van der Waals surface area contributed by atoms with Gasteiger partial charge in [0.2, 0.25) is 11.9 Å². The van der Waals surface area contributed by atoms with Crippen LogP contribution in [-0.4, -0.2) is 54.6 Å². The van der Waals surface area contributed by atoms with Crippen molar-refractivity contribution in [3.05, 3.63) is 25.3 Å². The summed E-state index contributed by atoms with van der Waals surface area (Å²) in [6, 6.07) is 0. The topological polar surface area (TPSA) is 97.3 Å². The Bertz CT molecular complexity index is 731. The Hall–Kier alpha value is -2.64. The van der Waals surface area contributed by atoms with Crippen LogP contribution in [0.15, 0.2) is 30.3 Å². The molecule has 0 unspecified atom stereocenters. The van der Waals surface area contributed by atoms with Crippen molar-refractivity contribution in [3.63, 3.8) is 0 Å². The predicted octanol–water partition coefficient (Wildman–Crippen LogP) is 4.75. The van der Waals surface area contributed by atoms with Crippen molar-refractivity contribution in [3.8, 4) is 0 Å². The first kappa shape index (κ1) is 24.0. The van der Waals surface area contributed by atoms with E-state index in [1.54, 1.807) is 26.8 Å². The molecule has 182 valence electrons. The van der Waals surface area contributed by atoms with Gasteiger partial charge in [-0.15, -0.1) is 18.2 Å². The Labute approximate surface area is 197 Å². The average Bonchev–Trinajstić information content (AvgIpc) is 2.72. The second kappa shape index (κ2) is 17.0. The number of hydrogen-bond acceptors (Lipinski definition) is 5. The molecule has 0 bridgehead atoms. The molecule has 0 aromatic rings. The summed E-state index contributed by atoms with van der Waals surface area (Å²) in [5.74, 6) is -1.94. The van der Waals surface area contributed by atoms with E-state index in [0.29, 0.717) is 24.2 Å². The maximum absolute atomic E-state index is 12.5. The summed E-state index contributed by atoms with van der Waals surface area (Å²) in [6.07, 6.45) is 9.10. The maximum atomic E-state index is 12.5. The van der Waals surface area contributed by atoms with Gasteiger partial charge in [0.1, 0.15) is 12.1 Å². The molecule has 0 aliphatic carbocycles. The molecule has 0 saturated carbocycles. The second-order valence-electron chi connectivity index (χ2n) is 8.30. The Morgan fingerprint density at radius 1 is 1.03 bits per heavy atom. The molecule has 8 heteroatoms. The number of carbonyl (C=O) groups excluding carboxylic acids is 3. The number of esters is 1. The number of ether oxygens (including phenoxy) is 2. The molecule has 0 rings (SSSR count). The van der Waals surface area contributed by atoms with E-state index in [4.69, 9.17) is 13.6 Å². The summed E-state index contributed by atoms with van der Waals surface area (Å²) in [6.45, 7) is 8.58. The maximum Gasteiger partial charge on any atom is 0.437 e. The van der Waals surface area contributed by atoms with Gasteiger partial charge in [0.05, 0.1) is 6.61 Å². The van der Waals surface area contributed by atoms with E-state index in [2.05, 4.69) is 23.5 Å². The predicted molar refractivity (Wildman–Crippen MR) is 127 cm³/mol. The highest BCUT2D eigenvalue weighted by Gasteiger charge is 2.20. The summed E-state index contributed by atoms with van der Waals surface area (Å²) >= 11 is 0. The first-order chi connectivity index (χ1) is 16.3. The highest BCUT2D eigenvalue weighted by Crippen LogP contribution is 2.09. The fraction of sp³-hybridized carbons (Fsp3) is 0.667. The monoisotopic (exact) mass is 454 g/mol. The zero-order chi connectivity index (χ0) is 26.9. The lowest BCUT2D eigenvalue weighted by atomic mass is 10.1. The molecule has 0 atom stereocenters. The summed E-state index contributed by atoms with van der Waals surface area (Å²) < 4.78 is 33.7. The van der Waals surface area contributed by atoms with Crippen molar-refractivity contribution in [1.82, 2.24) is 10.2 Å². The van der Waals surface area contributed by atoms with E-state index in [1.165, 1.54) is 0 Å². The lowest BCUT2D eigenvalue weighted by Crippen LogP contribution is -2.45. The zero-order valence-corrected chi connectivity index (χ0v) is 19.8. The van der Waals surface area contributed by atoms with Crippen LogP contribution in [0.2, 0.25) is 0 Å². The molecule has 0 aromatic heterocycles. The van der Waals surface area contributed by atoms with Crippen LogP contribution < -0.4 is 5.32 Å². The molecule has 0 spiro atoms. The van der Waals surface area contributed by atoms with Gasteiger partial charge in [-0.2, -0.15) is 0 Å². The number of hydrogen-bond donors (Lipinski definition) is 1. The summed E-state index contributed by atoms with van der Waals surface area (Å²) in [5.41, 5.74) is -0.893. The molecule has 0 aliphatic heterocycles. The van der Waals surface area contributed by atoms with Gasteiger partial charge in [0.15, 0.2) is 0 Å². The normalized spacial score (nSPS) is 13.2. The SMILES string of the molecule is [2H]C([2H])([2H])N(CC(=O)OCCCC=C)/C(=N\C(=O)OC(C)(C)C)NC(=O)CCCCCCCC=C. The van der Waals surface area contributed by atoms with Crippen LogP contribution in [0.4, 0.5) is 4.79 Å². The average molecular weight is 455 g/mol. The van der Waals surface area contributed by atoms with Crippen molar-refractivity contribution < 1.29 is 28.0 Å². The van der Waals surface area contributed by atoms with Gasteiger partial charge in [-0.05, 0) is 52.9 Å². The number of unbranched alkanes of at least 4 members (excludes halogenated alkanes) is 6. The molecule has 0 radical (unpaired) electrons. The van der Waals surface area contributed by atoms with Gasteiger partial charge in [-0.3, -0.25) is 14.9 Å². The number of carbonyl (C=O) groups is 3. The van der Waals surface area contributed by atoms with Crippen LogP contribution in [-0.2, 0) is 19.1 Å². The molecule has 32 heavy (non-hydrogen) atoms. The fourth-order valence-corrected chi connectivity index (χ4v) is 2.48. The van der Waals surface area contributed by atoms with E-state index >= 15 is 0 Å². The largest absolute Gasteiger partial charge is 0.464 e. The minimum atomic E-state index is -2.89. The van der Waals surface area contributed by atoms with E-state index in [0.717, 1.165) is 32.1 Å². The number of nitrogens with one attached hydrogen (secondary N) is 1. The van der Waals surface area contributed by atoms with Crippen LogP contribution in [0, 0.1) is 0 Å². The zero-order valence-electron chi connectivity index (χ0n) is 22.8. The Morgan fingerprint density at radius 2 is 1.66 bits per heavy atom. The number of nitrogens with zero attached hydrogens (tertiary/aromatic N) is 2. The molecule has 2 amide bonds. The second-order valence-corrected chi connectivity index (χ2v) is 8.30. The van der Waals surface area contributed by atoms with Gasteiger partial charge in [0, 0.05) is 17.5 Å².